The number of anilines is 2. The lowest BCUT2D eigenvalue weighted by molar-refractivity contribution is -0.117. The van der Waals surface area contributed by atoms with Crippen LogP contribution in [0.2, 0.25) is 0 Å². The molecule has 3 aromatic carbocycles. The maximum absolute atomic E-state index is 13.4. The smallest absolute Gasteiger partial charge is 0.259 e. The zero-order chi connectivity index (χ0) is 20.0. The number of hydrogen-bond donors (Lipinski definition) is 2. The molecule has 1 saturated carbocycles. The van der Waals surface area contributed by atoms with Gasteiger partial charge in [0.15, 0.2) is 5.13 Å². The van der Waals surface area contributed by atoms with E-state index < -0.39 is 0 Å². The standard InChI is InChI=1S/C22H16FN3O2S/c23-15-7-8-17-19(11-15)29-22(25-17)26-21(28)16-9-13-3-1-2-4-14(13)10-18(16)24-20(27)12-5-6-12/h1-4,7-12H,5-6H2,(H,24,27)(H,25,26,28). The minimum absolute atomic E-state index is 0.0246. The lowest BCUT2D eigenvalue weighted by atomic mass is 10.0. The lowest BCUT2D eigenvalue weighted by Gasteiger charge is -2.12. The van der Waals surface area contributed by atoms with Gasteiger partial charge in [0, 0.05) is 5.92 Å². The van der Waals surface area contributed by atoms with Gasteiger partial charge in [-0.1, -0.05) is 35.6 Å². The van der Waals surface area contributed by atoms with E-state index in [1.54, 1.807) is 12.1 Å². The van der Waals surface area contributed by atoms with E-state index in [2.05, 4.69) is 15.6 Å². The summed E-state index contributed by atoms with van der Waals surface area (Å²) in [5.74, 6) is -0.763. The Morgan fingerprint density at radius 1 is 1.00 bits per heavy atom. The van der Waals surface area contributed by atoms with Crippen LogP contribution in [0.25, 0.3) is 21.0 Å². The number of fused-ring (bicyclic) bond motifs is 2. The summed E-state index contributed by atoms with van der Waals surface area (Å²) in [6.45, 7) is 0. The maximum Gasteiger partial charge on any atom is 0.259 e. The van der Waals surface area contributed by atoms with Gasteiger partial charge in [-0.25, -0.2) is 9.37 Å². The van der Waals surface area contributed by atoms with Crippen LogP contribution < -0.4 is 10.6 Å². The van der Waals surface area contributed by atoms with Crippen LogP contribution in [0, 0.1) is 11.7 Å². The number of amides is 2. The molecule has 144 valence electrons. The second-order valence-electron chi connectivity index (χ2n) is 7.09. The zero-order valence-electron chi connectivity index (χ0n) is 15.2. The second kappa shape index (κ2) is 6.93. The highest BCUT2D eigenvalue weighted by molar-refractivity contribution is 7.22. The van der Waals surface area contributed by atoms with E-state index >= 15 is 0 Å². The van der Waals surface area contributed by atoms with Crippen molar-refractivity contribution in [1.29, 1.82) is 0 Å². The Balaban J connectivity index is 1.50. The van der Waals surface area contributed by atoms with Crippen LogP contribution in [0.3, 0.4) is 0 Å². The Morgan fingerprint density at radius 3 is 2.52 bits per heavy atom. The Bertz CT molecular complexity index is 1280. The summed E-state index contributed by atoms with van der Waals surface area (Å²) < 4.78 is 14.1. The molecule has 0 radical (unpaired) electrons. The van der Waals surface area contributed by atoms with Crippen LogP contribution in [0.5, 0.6) is 0 Å². The highest BCUT2D eigenvalue weighted by Gasteiger charge is 2.30. The molecule has 0 atom stereocenters. The number of hydrogen-bond acceptors (Lipinski definition) is 4. The number of nitrogens with zero attached hydrogens (tertiary/aromatic N) is 1. The molecule has 7 heteroatoms. The van der Waals surface area contributed by atoms with Crippen LogP contribution in [-0.2, 0) is 4.79 Å². The van der Waals surface area contributed by atoms with Crippen molar-refractivity contribution in [2.45, 2.75) is 12.8 Å². The SMILES string of the molecule is O=C(Nc1nc2ccc(F)cc2s1)c1cc2ccccc2cc1NC(=O)C1CC1. The molecule has 1 aliphatic carbocycles. The molecule has 0 unspecified atom stereocenters. The Morgan fingerprint density at radius 2 is 1.76 bits per heavy atom. The van der Waals surface area contributed by atoms with Crippen LogP contribution in [-0.4, -0.2) is 16.8 Å². The molecule has 2 amide bonds. The number of halogens is 1. The molecule has 4 aromatic rings. The Hall–Kier alpha value is -3.32. The van der Waals surface area contributed by atoms with Crippen LogP contribution >= 0.6 is 11.3 Å². The Kier molecular flexibility index (Phi) is 4.24. The fourth-order valence-corrected chi connectivity index (χ4v) is 4.11. The molecule has 0 spiro atoms. The third kappa shape index (κ3) is 3.56. The van der Waals surface area contributed by atoms with Gasteiger partial charge in [-0.05, 0) is 53.9 Å². The molecule has 0 bridgehead atoms. The topological polar surface area (TPSA) is 71.1 Å². The van der Waals surface area contributed by atoms with Crippen LogP contribution in [0.15, 0.2) is 54.6 Å². The van der Waals surface area contributed by atoms with Gasteiger partial charge in [-0.3, -0.25) is 14.9 Å². The van der Waals surface area contributed by atoms with Gasteiger partial charge in [0.05, 0.1) is 21.5 Å². The van der Waals surface area contributed by atoms with E-state index in [-0.39, 0.29) is 23.5 Å². The van der Waals surface area contributed by atoms with Crippen molar-refractivity contribution in [1.82, 2.24) is 4.98 Å². The summed E-state index contributed by atoms with van der Waals surface area (Å²) in [7, 11) is 0. The lowest BCUT2D eigenvalue weighted by Crippen LogP contribution is -2.19. The summed E-state index contributed by atoms with van der Waals surface area (Å²) >= 11 is 1.20. The fraction of sp³-hybridized carbons (Fsp3) is 0.136. The van der Waals surface area contributed by atoms with Gasteiger partial charge in [-0.2, -0.15) is 0 Å². The van der Waals surface area contributed by atoms with Crippen LogP contribution in [0.1, 0.15) is 23.2 Å². The highest BCUT2D eigenvalue weighted by atomic mass is 32.1. The minimum Gasteiger partial charge on any atom is -0.325 e. The molecule has 1 fully saturated rings. The largest absolute Gasteiger partial charge is 0.325 e. The van der Waals surface area contributed by atoms with E-state index in [0.29, 0.717) is 26.6 Å². The first-order chi connectivity index (χ1) is 14.1. The molecular formula is C22H16FN3O2S. The monoisotopic (exact) mass is 405 g/mol. The van der Waals surface area contributed by atoms with Gasteiger partial charge in [0.25, 0.3) is 5.91 Å². The number of thiazole rings is 1. The number of benzene rings is 3. The molecule has 5 nitrogen and oxygen atoms in total. The van der Waals surface area contributed by atoms with Gasteiger partial charge in [0.1, 0.15) is 5.82 Å². The van der Waals surface area contributed by atoms with Crippen molar-refractivity contribution < 1.29 is 14.0 Å². The molecule has 0 aliphatic heterocycles. The number of carbonyl (C=O) groups is 2. The first-order valence-electron chi connectivity index (χ1n) is 9.28. The normalized spacial score (nSPS) is 13.6. The predicted molar refractivity (Wildman–Crippen MR) is 113 cm³/mol. The van der Waals surface area contributed by atoms with Crippen molar-refractivity contribution >= 4 is 55.0 Å². The summed E-state index contributed by atoms with van der Waals surface area (Å²) in [5, 5.41) is 7.89. The Labute approximate surface area is 169 Å². The third-order valence-corrected chi connectivity index (χ3v) is 5.84. The van der Waals surface area contributed by atoms with Crippen molar-refractivity contribution in [3.63, 3.8) is 0 Å². The molecule has 2 N–H and O–H groups in total. The number of rotatable bonds is 4. The summed E-state index contributed by atoms with van der Waals surface area (Å²) in [6, 6.07) is 15.5. The average molecular weight is 405 g/mol. The maximum atomic E-state index is 13.4. The molecule has 5 rings (SSSR count). The van der Waals surface area contributed by atoms with Gasteiger partial charge in [0.2, 0.25) is 5.91 Å². The van der Waals surface area contributed by atoms with Crippen molar-refractivity contribution in [2.75, 3.05) is 10.6 Å². The number of carbonyl (C=O) groups excluding carboxylic acids is 2. The van der Waals surface area contributed by atoms with Crippen molar-refractivity contribution in [2.24, 2.45) is 5.92 Å². The first-order valence-corrected chi connectivity index (χ1v) is 10.1. The van der Waals surface area contributed by atoms with Crippen molar-refractivity contribution in [3.05, 3.63) is 66.0 Å². The van der Waals surface area contributed by atoms with E-state index in [1.165, 1.54) is 23.5 Å². The van der Waals surface area contributed by atoms with E-state index in [4.69, 9.17) is 0 Å². The van der Waals surface area contributed by atoms with E-state index in [9.17, 15) is 14.0 Å². The minimum atomic E-state index is -0.374. The molecule has 1 heterocycles. The number of nitrogens with one attached hydrogen (secondary N) is 2. The molecule has 1 aromatic heterocycles. The zero-order valence-corrected chi connectivity index (χ0v) is 16.1. The third-order valence-electron chi connectivity index (χ3n) is 4.91. The molecular weight excluding hydrogens is 389 g/mol. The average Bonchev–Trinajstić information content (AvgIpc) is 3.48. The van der Waals surface area contributed by atoms with E-state index in [0.717, 1.165) is 23.6 Å². The van der Waals surface area contributed by atoms with Gasteiger partial charge >= 0.3 is 0 Å². The highest BCUT2D eigenvalue weighted by Crippen LogP contribution is 2.33. The van der Waals surface area contributed by atoms with Gasteiger partial charge < -0.3 is 5.32 Å². The van der Waals surface area contributed by atoms with Crippen molar-refractivity contribution in [3.8, 4) is 0 Å². The predicted octanol–water partition coefficient (Wildman–Crippen LogP) is 5.19. The molecule has 29 heavy (non-hydrogen) atoms. The first kappa shape index (κ1) is 17.8. The van der Waals surface area contributed by atoms with Gasteiger partial charge in [-0.15, -0.1) is 0 Å². The summed E-state index contributed by atoms with van der Waals surface area (Å²) in [5.41, 5.74) is 1.46. The summed E-state index contributed by atoms with van der Waals surface area (Å²) in [6.07, 6.45) is 1.76. The fourth-order valence-electron chi connectivity index (χ4n) is 3.23. The summed E-state index contributed by atoms with van der Waals surface area (Å²) in [4.78, 5) is 29.7. The quantitative estimate of drug-likeness (QED) is 0.491. The second-order valence-corrected chi connectivity index (χ2v) is 8.12. The molecule has 0 saturated heterocycles. The van der Waals surface area contributed by atoms with E-state index in [1.807, 2.05) is 30.3 Å². The molecule has 1 aliphatic rings. The number of aromatic nitrogens is 1. The van der Waals surface area contributed by atoms with Crippen LogP contribution in [0.4, 0.5) is 15.2 Å².